The molecule has 0 spiro atoms. The van der Waals surface area contributed by atoms with Crippen LogP contribution in [0, 0.1) is 0 Å². The van der Waals surface area contributed by atoms with E-state index < -0.39 is 22.6 Å². The first-order valence-corrected chi connectivity index (χ1v) is 11.7. The number of carboxylic acids is 1. The second-order valence-electron chi connectivity index (χ2n) is 6.74. The zero-order valence-corrected chi connectivity index (χ0v) is 18.2. The van der Waals surface area contributed by atoms with Crippen molar-refractivity contribution in [1.82, 2.24) is 4.31 Å². The van der Waals surface area contributed by atoms with Crippen molar-refractivity contribution < 1.29 is 36.6 Å². The number of methoxy groups -OCH3 is 1. The number of carboxylic acid groups (broad SMARTS) is 1. The number of carbonyl (C=O) groups is 1. The average molecular weight is 474 g/mol. The van der Waals surface area contributed by atoms with E-state index in [1.165, 1.54) is 47.8 Å². The lowest BCUT2D eigenvalue weighted by molar-refractivity contribution is -0.130. The normalized spacial score (nSPS) is 15.8. The van der Waals surface area contributed by atoms with Crippen LogP contribution in [0.1, 0.15) is 29.7 Å². The fourth-order valence-electron chi connectivity index (χ4n) is 3.21. The van der Waals surface area contributed by atoms with Crippen LogP contribution in [0.4, 0.5) is 8.78 Å². The molecule has 31 heavy (non-hydrogen) atoms. The van der Waals surface area contributed by atoms with E-state index >= 15 is 0 Å². The van der Waals surface area contributed by atoms with Gasteiger partial charge in [0, 0.05) is 18.0 Å². The fraction of sp³-hybridized carbons (Fsp3) is 0.350. The van der Waals surface area contributed by atoms with Gasteiger partial charge in [0.1, 0.15) is 4.21 Å². The lowest BCUT2D eigenvalue weighted by atomic mass is 10.1. The molecule has 0 unspecified atom stereocenters. The molecule has 0 radical (unpaired) electrons. The number of piperidine rings is 1. The van der Waals surface area contributed by atoms with E-state index in [9.17, 15) is 27.1 Å². The predicted molar refractivity (Wildman–Crippen MR) is 112 cm³/mol. The van der Waals surface area contributed by atoms with Crippen LogP contribution in [0.2, 0.25) is 0 Å². The van der Waals surface area contributed by atoms with Crippen LogP contribution in [-0.2, 0) is 14.8 Å². The Bertz CT molecular complexity index is 1080. The summed E-state index contributed by atoms with van der Waals surface area (Å²) in [5.41, 5.74) is 0.236. The molecule has 0 aliphatic carbocycles. The molecule has 0 saturated carbocycles. The van der Waals surface area contributed by atoms with Gasteiger partial charge in [0.2, 0.25) is 0 Å². The highest BCUT2D eigenvalue weighted by Gasteiger charge is 2.28. The summed E-state index contributed by atoms with van der Waals surface area (Å²) in [5, 5.41) is 9.67. The maximum Gasteiger partial charge on any atom is 0.387 e. The molecule has 0 bridgehead atoms. The Hall–Kier alpha value is -2.50. The van der Waals surface area contributed by atoms with Gasteiger partial charge in [0.05, 0.1) is 12.7 Å². The Labute approximate surface area is 182 Å². The van der Waals surface area contributed by atoms with Crippen molar-refractivity contribution in [1.29, 1.82) is 0 Å². The van der Waals surface area contributed by atoms with E-state index in [-0.39, 0.29) is 26.2 Å². The SMILES string of the molecule is COc1cc(C=C(C(=O)O)c2ccc(S(=O)(=O)N3CCCCC3)s2)ccc1OC(F)F. The number of sulfonamides is 1. The smallest absolute Gasteiger partial charge is 0.387 e. The minimum absolute atomic E-state index is 0.0123. The molecule has 7 nitrogen and oxygen atoms in total. The number of halogens is 2. The summed E-state index contributed by atoms with van der Waals surface area (Å²) in [6, 6.07) is 6.87. The molecule has 1 aliphatic rings. The molecule has 0 amide bonds. The van der Waals surface area contributed by atoms with Gasteiger partial charge in [-0.3, -0.25) is 0 Å². The van der Waals surface area contributed by atoms with Gasteiger partial charge in [-0.1, -0.05) is 12.5 Å². The molecule has 1 aromatic carbocycles. The zero-order valence-electron chi connectivity index (χ0n) is 16.6. The number of rotatable bonds is 8. The van der Waals surface area contributed by atoms with Crippen molar-refractivity contribution >= 4 is 39.0 Å². The van der Waals surface area contributed by atoms with Crippen molar-refractivity contribution in [2.45, 2.75) is 30.1 Å². The van der Waals surface area contributed by atoms with Gasteiger partial charge in [-0.05, 0) is 48.7 Å². The highest BCUT2D eigenvalue weighted by Crippen LogP contribution is 2.34. The Morgan fingerprint density at radius 2 is 1.87 bits per heavy atom. The quantitative estimate of drug-likeness (QED) is 0.579. The number of thiophene rings is 1. The third-order valence-corrected chi connectivity index (χ3v) is 8.19. The van der Waals surface area contributed by atoms with Crippen LogP contribution < -0.4 is 9.47 Å². The maximum absolute atomic E-state index is 12.8. The van der Waals surface area contributed by atoms with Crippen LogP contribution >= 0.6 is 11.3 Å². The molecule has 1 fully saturated rings. The number of alkyl halides is 2. The summed E-state index contributed by atoms with van der Waals surface area (Å²) in [7, 11) is -2.40. The molecule has 1 aliphatic heterocycles. The van der Waals surface area contributed by atoms with Crippen LogP contribution in [-0.4, -0.2) is 50.6 Å². The van der Waals surface area contributed by atoms with E-state index in [0.717, 1.165) is 30.6 Å². The van der Waals surface area contributed by atoms with E-state index in [0.29, 0.717) is 18.7 Å². The number of ether oxygens (including phenoxy) is 2. The van der Waals surface area contributed by atoms with Crippen LogP contribution in [0.25, 0.3) is 11.6 Å². The number of hydrogen-bond donors (Lipinski definition) is 1. The molecule has 3 rings (SSSR count). The Morgan fingerprint density at radius 3 is 2.48 bits per heavy atom. The van der Waals surface area contributed by atoms with E-state index in [1.54, 1.807) is 0 Å². The molecule has 1 aromatic heterocycles. The van der Waals surface area contributed by atoms with Gasteiger partial charge >= 0.3 is 12.6 Å². The highest BCUT2D eigenvalue weighted by molar-refractivity contribution is 7.91. The average Bonchev–Trinajstić information content (AvgIpc) is 3.23. The molecule has 1 saturated heterocycles. The summed E-state index contributed by atoms with van der Waals surface area (Å²) in [6.07, 6.45) is 3.90. The minimum atomic E-state index is -3.68. The van der Waals surface area contributed by atoms with Crippen molar-refractivity contribution in [3.8, 4) is 11.5 Å². The lowest BCUT2D eigenvalue weighted by Gasteiger charge is -2.25. The standard InChI is InChI=1S/C20H21F2NO6S2/c1-28-16-12-13(5-6-15(16)29-20(21)22)11-14(19(24)25)17-7-8-18(30-17)31(26,27)23-9-3-2-4-10-23/h5-8,11-12,20H,2-4,9-10H2,1H3,(H,24,25). The second kappa shape index (κ2) is 9.75. The van der Waals surface area contributed by atoms with Crippen molar-refractivity contribution in [2.24, 2.45) is 0 Å². The van der Waals surface area contributed by atoms with Gasteiger partial charge in [-0.15, -0.1) is 11.3 Å². The summed E-state index contributed by atoms with van der Waals surface area (Å²) < 4.78 is 61.5. The van der Waals surface area contributed by atoms with Crippen LogP contribution in [0.5, 0.6) is 11.5 Å². The third kappa shape index (κ3) is 5.41. The van der Waals surface area contributed by atoms with Gasteiger partial charge in [-0.2, -0.15) is 13.1 Å². The molecule has 1 N–H and O–H groups in total. The number of nitrogens with zero attached hydrogens (tertiary/aromatic N) is 1. The molecule has 168 valence electrons. The molecular weight excluding hydrogens is 452 g/mol. The lowest BCUT2D eigenvalue weighted by Crippen LogP contribution is -2.35. The molecule has 2 heterocycles. The first-order valence-electron chi connectivity index (χ1n) is 9.40. The van der Waals surface area contributed by atoms with Gasteiger partial charge in [0.15, 0.2) is 11.5 Å². The van der Waals surface area contributed by atoms with Crippen LogP contribution in [0.15, 0.2) is 34.5 Å². The summed E-state index contributed by atoms with van der Waals surface area (Å²) >= 11 is 0.877. The van der Waals surface area contributed by atoms with E-state index in [4.69, 9.17) is 4.74 Å². The van der Waals surface area contributed by atoms with Crippen molar-refractivity contribution in [2.75, 3.05) is 20.2 Å². The largest absolute Gasteiger partial charge is 0.493 e. The monoisotopic (exact) mass is 473 g/mol. The Kier molecular flexibility index (Phi) is 7.29. The minimum Gasteiger partial charge on any atom is -0.493 e. The van der Waals surface area contributed by atoms with Gasteiger partial charge < -0.3 is 14.6 Å². The second-order valence-corrected chi connectivity index (χ2v) is 9.98. The Morgan fingerprint density at radius 1 is 1.16 bits per heavy atom. The zero-order chi connectivity index (χ0) is 22.6. The van der Waals surface area contributed by atoms with E-state index in [2.05, 4.69) is 4.74 Å². The fourth-order valence-corrected chi connectivity index (χ4v) is 6.19. The molecule has 2 aromatic rings. The summed E-state index contributed by atoms with van der Waals surface area (Å²) in [4.78, 5) is 12.1. The third-order valence-electron chi connectivity index (χ3n) is 4.70. The predicted octanol–water partition coefficient (Wildman–Crippen LogP) is 4.16. The van der Waals surface area contributed by atoms with Gasteiger partial charge in [0.25, 0.3) is 10.0 Å². The first-order chi connectivity index (χ1) is 14.7. The van der Waals surface area contributed by atoms with Crippen molar-refractivity contribution in [3.63, 3.8) is 0 Å². The number of benzene rings is 1. The molecular formula is C20H21F2NO6S2. The maximum atomic E-state index is 12.8. The van der Waals surface area contributed by atoms with Crippen LogP contribution in [0.3, 0.4) is 0 Å². The number of hydrogen-bond acceptors (Lipinski definition) is 6. The number of aliphatic carboxylic acids is 1. The highest BCUT2D eigenvalue weighted by atomic mass is 32.2. The first kappa shape index (κ1) is 23.2. The van der Waals surface area contributed by atoms with Crippen molar-refractivity contribution in [3.05, 3.63) is 40.8 Å². The van der Waals surface area contributed by atoms with Gasteiger partial charge in [-0.25, -0.2) is 13.2 Å². The molecule has 11 heteroatoms. The molecule has 0 atom stereocenters. The van der Waals surface area contributed by atoms with E-state index in [1.807, 2.05) is 0 Å². The topological polar surface area (TPSA) is 93.1 Å². The Balaban J connectivity index is 1.93. The summed E-state index contributed by atoms with van der Waals surface area (Å²) in [5.74, 6) is -1.42. The summed E-state index contributed by atoms with van der Waals surface area (Å²) in [6.45, 7) is -2.13.